The van der Waals surface area contributed by atoms with Crippen LogP contribution in [-0.4, -0.2) is 17.3 Å². The predicted molar refractivity (Wildman–Crippen MR) is 45.6 cm³/mol. The maximum atomic E-state index is 11.0. The average molecular weight is 174 g/mol. The van der Waals surface area contributed by atoms with Crippen LogP contribution in [0.4, 0.5) is 0 Å². The Balaban J connectivity index is 2.25. The lowest BCUT2D eigenvalue weighted by Gasteiger charge is -2.12. The van der Waals surface area contributed by atoms with Gasteiger partial charge in [-0.15, -0.1) is 11.6 Å². The van der Waals surface area contributed by atoms with Crippen molar-refractivity contribution in [2.45, 2.75) is 31.2 Å². The maximum Gasteiger partial charge on any atom is 0.238 e. The molecule has 0 saturated heterocycles. The zero-order valence-corrected chi connectivity index (χ0v) is 7.27. The number of carbonyl (C=O) groups is 1. The molecule has 1 aliphatic rings. The topological polar surface area (TPSA) is 29.1 Å². The van der Waals surface area contributed by atoms with E-state index in [-0.39, 0.29) is 11.9 Å². The Morgan fingerprint density at radius 3 is 2.64 bits per heavy atom. The third kappa shape index (κ3) is 2.54. The number of alkyl halides is 1. The zero-order chi connectivity index (χ0) is 8.27. The first-order chi connectivity index (χ1) is 5.20. The van der Waals surface area contributed by atoms with Gasteiger partial charge in [0.05, 0.1) is 0 Å². The molecule has 0 aromatic rings. The highest BCUT2D eigenvalue weighted by Crippen LogP contribution is 2.09. The van der Waals surface area contributed by atoms with Crippen molar-refractivity contribution in [3.8, 4) is 0 Å². The second kappa shape index (κ2) is 3.77. The van der Waals surface area contributed by atoms with E-state index in [0.717, 1.165) is 12.8 Å². The van der Waals surface area contributed by atoms with Crippen molar-refractivity contribution in [2.75, 3.05) is 0 Å². The smallest absolute Gasteiger partial charge is 0.238 e. The first-order valence-corrected chi connectivity index (χ1v) is 4.23. The molecule has 3 heteroatoms. The Morgan fingerprint density at radius 2 is 2.18 bits per heavy atom. The van der Waals surface area contributed by atoms with Gasteiger partial charge in [-0.1, -0.05) is 12.2 Å². The van der Waals surface area contributed by atoms with Gasteiger partial charge in [-0.3, -0.25) is 4.79 Å². The molecule has 0 radical (unpaired) electrons. The molecule has 0 fully saturated rings. The molecular weight excluding hydrogens is 162 g/mol. The fourth-order valence-corrected chi connectivity index (χ4v) is 1.11. The fourth-order valence-electron chi connectivity index (χ4n) is 1.05. The molecule has 11 heavy (non-hydrogen) atoms. The molecular formula is C8H12ClNO. The van der Waals surface area contributed by atoms with E-state index in [4.69, 9.17) is 11.6 Å². The van der Waals surface area contributed by atoms with E-state index in [2.05, 4.69) is 17.5 Å². The monoisotopic (exact) mass is 173 g/mol. The van der Waals surface area contributed by atoms with E-state index in [1.54, 1.807) is 6.92 Å². The van der Waals surface area contributed by atoms with Crippen molar-refractivity contribution >= 4 is 17.5 Å². The Kier molecular flexibility index (Phi) is 2.94. The standard InChI is InChI=1S/C8H12ClNO/c1-6(9)8(11)10-7-4-2-3-5-7/h2-3,6-7H,4-5H2,1H3,(H,10,11). The molecule has 62 valence electrons. The van der Waals surface area contributed by atoms with Crippen LogP contribution < -0.4 is 5.32 Å². The summed E-state index contributed by atoms with van der Waals surface area (Å²) < 4.78 is 0. The molecule has 1 rings (SSSR count). The summed E-state index contributed by atoms with van der Waals surface area (Å²) in [5.74, 6) is -0.0691. The van der Waals surface area contributed by atoms with Crippen molar-refractivity contribution in [3.05, 3.63) is 12.2 Å². The number of nitrogens with one attached hydrogen (secondary N) is 1. The van der Waals surface area contributed by atoms with Gasteiger partial charge in [0.15, 0.2) is 0 Å². The highest BCUT2D eigenvalue weighted by Gasteiger charge is 2.15. The second-order valence-corrected chi connectivity index (χ2v) is 3.42. The largest absolute Gasteiger partial charge is 0.351 e. The van der Waals surface area contributed by atoms with Crippen LogP contribution >= 0.6 is 11.6 Å². The molecule has 0 heterocycles. The summed E-state index contributed by atoms with van der Waals surface area (Å²) in [6, 6.07) is 0.281. The van der Waals surface area contributed by atoms with Gasteiger partial charge >= 0.3 is 0 Å². The van der Waals surface area contributed by atoms with E-state index >= 15 is 0 Å². The molecule has 1 amide bonds. The fraction of sp³-hybridized carbons (Fsp3) is 0.625. The lowest BCUT2D eigenvalue weighted by atomic mass is 10.2. The Bertz CT molecular complexity index is 169. The molecule has 0 aromatic carbocycles. The molecule has 0 aromatic heterocycles. The van der Waals surface area contributed by atoms with Crippen LogP contribution in [0, 0.1) is 0 Å². The van der Waals surface area contributed by atoms with Crippen molar-refractivity contribution in [1.82, 2.24) is 5.32 Å². The first kappa shape index (κ1) is 8.60. The third-order valence-electron chi connectivity index (χ3n) is 1.72. The summed E-state index contributed by atoms with van der Waals surface area (Å²) >= 11 is 5.57. The van der Waals surface area contributed by atoms with Gasteiger partial charge < -0.3 is 5.32 Å². The van der Waals surface area contributed by atoms with Crippen LogP contribution in [0.2, 0.25) is 0 Å². The van der Waals surface area contributed by atoms with Crippen molar-refractivity contribution in [2.24, 2.45) is 0 Å². The molecule has 2 nitrogen and oxygen atoms in total. The molecule has 1 unspecified atom stereocenters. The van der Waals surface area contributed by atoms with Gasteiger partial charge in [-0.25, -0.2) is 0 Å². The predicted octanol–water partition coefficient (Wildman–Crippen LogP) is 1.45. The lowest BCUT2D eigenvalue weighted by Crippen LogP contribution is -2.37. The minimum absolute atomic E-state index is 0.0691. The Morgan fingerprint density at radius 1 is 1.64 bits per heavy atom. The van der Waals surface area contributed by atoms with E-state index in [1.807, 2.05) is 0 Å². The molecule has 1 N–H and O–H groups in total. The summed E-state index contributed by atoms with van der Waals surface area (Å²) in [5.41, 5.74) is 0. The van der Waals surface area contributed by atoms with Crippen LogP contribution in [0.25, 0.3) is 0 Å². The van der Waals surface area contributed by atoms with Crippen LogP contribution in [0.5, 0.6) is 0 Å². The average Bonchev–Trinajstić information content (AvgIpc) is 2.39. The van der Waals surface area contributed by atoms with Gasteiger partial charge in [0, 0.05) is 6.04 Å². The summed E-state index contributed by atoms with van der Waals surface area (Å²) in [5, 5.41) is 2.42. The summed E-state index contributed by atoms with van der Waals surface area (Å²) in [4.78, 5) is 11.0. The Labute approximate surface area is 71.6 Å². The number of carbonyl (C=O) groups excluding carboxylic acids is 1. The van der Waals surface area contributed by atoms with E-state index in [9.17, 15) is 4.79 Å². The van der Waals surface area contributed by atoms with E-state index in [0.29, 0.717) is 0 Å². The van der Waals surface area contributed by atoms with Crippen molar-refractivity contribution < 1.29 is 4.79 Å². The first-order valence-electron chi connectivity index (χ1n) is 3.79. The number of amides is 1. The normalized spacial score (nSPS) is 20.2. The van der Waals surface area contributed by atoms with Crippen LogP contribution in [0.1, 0.15) is 19.8 Å². The van der Waals surface area contributed by atoms with Gasteiger partial charge in [0.25, 0.3) is 0 Å². The summed E-state index contributed by atoms with van der Waals surface area (Å²) in [6.45, 7) is 1.68. The maximum absolute atomic E-state index is 11.0. The molecule has 0 aliphatic heterocycles. The van der Waals surface area contributed by atoms with Crippen LogP contribution in [0.15, 0.2) is 12.2 Å². The third-order valence-corrected chi connectivity index (χ3v) is 1.91. The quantitative estimate of drug-likeness (QED) is 0.497. The minimum atomic E-state index is -0.421. The van der Waals surface area contributed by atoms with Crippen LogP contribution in [0.3, 0.4) is 0 Å². The van der Waals surface area contributed by atoms with E-state index < -0.39 is 5.38 Å². The van der Waals surface area contributed by atoms with Crippen molar-refractivity contribution in [3.63, 3.8) is 0 Å². The lowest BCUT2D eigenvalue weighted by molar-refractivity contribution is -0.121. The number of rotatable bonds is 2. The highest BCUT2D eigenvalue weighted by atomic mass is 35.5. The zero-order valence-electron chi connectivity index (χ0n) is 6.51. The minimum Gasteiger partial charge on any atom is -0.351 e. The van der Waals surface area contributed by atoms with E-state index in [1.165, 1.54) is 0 Å². The van der Waals surface area contributed by atoms with Crippen molar-refractivity contribution in [1.29, 1.82) is 0 Å². The van der Waals surface area contributed by atoms with Crippen LogP contribution in [-0.2, 0) is 4.79 Å². The molecule has 1 atom stereocenters. The molecule has 0 saturated carbocycles. The second-order valence-electron chi connectivity index (χ2n) is 2.76. The van der Waals surface area contributed by atoms with Gasteiger partial charge in [-0.05, 0) is 19.8 Å². The SMILES string of the molecule is CC(Cl)C(=O)NC1CC=CC1. The summed E-state index contributed by atoms with van der Waals surface area (Å²) in [6.07, 6.45) is 6.03. The number of hydrogen-bond donors (Lipinski definition) is 1. The summed E-state index contributed by atoms with van der Waals surface area (Å²) in [7, 11) is 0. The highest BCUT2D eigenvalue weighted by molar-refractivity contribution is 6.30. The molecule has 1 aliphatic carbocycles. The molecule has 0 spiro atoms. The molecule has 0 bridgehead atoms. The Hall–Kier alpha value is -0.500. The number of halogens is 1. The van der Waals surface area contributed by atoms with Gasteiger partial charge in [-0.2, -0.15) is 0 Å². The van der Waals surface area contributed by atoms with Gasteiger partial charge in [0.2, 0.25) is 5.91 Å². The van der Waals surface area contributed by atoms with Gasteiger partial charge in [0.1, 0.15) is 5.38 Å². The number of hydrogen-bond acceptors (Lipinski definition) is 1.